The molecule has 0 unspecified atom stereocenters. The number of hydrogen-bond donors (Lipinski definition) is 2. The molecule has 0 atom stereocenters. The quantitative estimate of drug-likeness (QED) is 0.833. The van der Waals surface area contributed by atoms with Gasteiger partial charge in [0.2, 0.25) is 10.0 Å². The Morgan fingerprint density at radius 3 is 2.68 bits per heavy atom. The molecule has 1 heterocycles. The van der Waals surface area contributed by atoms with Crippen LogP contribution in [0.25, 0.3) is 0 Å². The van der Waals surface area contributed by atoms with E-state index in [-0.39, 0.29) is 10.4 Å². The second kappa shape index (κ2) is 4.33. The molecule has 2 N–H and O–H groups in total. The Hall–Kier alpha value is -0.850. The van der Waals surface area contributed by atoms with Crippen LogP contribution in [0.4, 0.5) is 0 Å². The van der Waals surface area contributed by atoms with Crippen LogP contribution in [0.2, 0.25) is 0 Å². The molecule has 0 amide bonds. The Bertz CT molecular complexity index is 583. The van der Waals surface area contributed by atoms with E-state index in [0.717, 1.165) is 12.8 Å². The van der Waals surface area contributed by atoms with Gasteiger partial charge in [-0.2, -0.15) is 0 Å². The zero-order valence-corrected chi connectivity index (χ0v) is 12.1. The van der Waals surface area contributed by atoms with Crippen molar-refractivity contribution in [3.05, 3.63) is 17.6 Å². The topological polar surface area (TPSA) is 71.3 Å². The molecule has 2 saturated carbocycles. The molecule has 19 heavy (non-hydrogen) atoms. The van der Waals surface area contributed by atoms with Gasteiger partial charge >= 0.3 is 0 Å². The van der Waals surface area contributed by atoms with Gasteiger partial charge in [-0.15, -0.1) is 0 Å². The van der Waals surface area contributed by atoms with E-state index in [1.165, 1.54) is 12.8 Å². The highest BCUT2D eigenvalue weighted by molar-refractivity contribution is 7.89. The second-order valence-electron chi connectivity index (χ2n) is 5.95. The second-order valence-corrected chi connectivity index (χ2v) is 7.61. The fraction of sp³-hybridized carbons (Fsp3) is 0.692. The summed E-state index contributed by atoms with van der Waals surface area (Å²) in [5, 5.41) is 3.32. The van der Waals surface area contributed by atoms with E-state index in [1.807, 2.05) is 6.92 Å². The molecule has 0 saturated heterocycles. The van der Waals surface area contributed by atoms with Gasteiger partial charge in [-0.3, -0.25) is 0 Å². The molecule has 5 nitrogen and oxygen atoms in total. The molecule has 1 aromatic heterocycles. The average molecular weight is 284 g/mol. The molecule has 2 fully saturated rings. The molecule has 0 spiro atoms. The summed E-state index contributed by atoms with van der Waals surface area (Å²) in [6.07, 6.45) is 4.20. The molecule has 0 aliphatic heterocycles. The van der Waals surface area contributed by atoms with E-state index in [0.29, 0.717) is 24.1 Å². The summed E-state index contributed by atoms with van der Waals surface area (Å²) in [4.78, 5) is 0.272. The van der Waals surface area contributed by atoms with Crippen molar-refractivity contribution in [1.29, 1.82) is 0 Å². The van der Waals surface area contributed by atoms with Crippen molar-refractivity contribution in [2.45, 2.75) is 62.6 Å². The van der Waals surface area contributed by atoms with E-state index in [9.17, 15) is 8.42 Å². The van der Waals surface area contributed by atoms with E-state index < -0.39 is 10.0 Å². The number of furan rings is 1. The summed E-state index contributed by atoms with van der Waals surface area (Å²) < 4.78 is 32.8. The van der Waals surface area contributed by atoms with Crippen LogP contribution in [0, 0.1) is 6.92 Å². The van der Waals surface area contributed by atoms with Crippen LogP contribution in [-0.4, -0.2) is 20.0 Å². The summed E-state index contributed by atoms with van der Waals surface area (Å²) in [6, 6.07) is 2.22. The minimum atomic E-state index is -3.46. The molecule has 0 bridgehead atoms. The van der Waals surface area contributed by atoms with Crippen LogP contribution in [0.5, 0.6) is 0 Å². The molecule has 0 aromatic carbocycles. The highest BCUT2D eigenvalue weighted by Gasteiger charge is 2.42. The average Bonchev–Trinajstić information content (AvgIpc) is 3.20. The maximum Gasteiger partial charge on any atom is 0.244 e. The molecule has 2 aliphatic carbocycles. The summed E-state index contributed by atoms with van der Waals surface area (Å²) in [5.41, 5.74) is -0.255. The number of hydrogen-bond acceptors (Lipinski definition) is 4. The van der Waals surface area contributed by atoms with Gasteiger partial charge in [-0.1, -0.05) is 0 Å². The molecule has 106 valence electrons. The van der Waals surface area contributed by atoms with Gasteiger partial charge in [0, 0.05) is 17.6 Å². The Morgan fingerprint density at radius 2 is 2.11 bits per heavy atom. The molecule has 3 rings (SSSR count). The van der Waals surface area contributed by atoms with Crippen molar-refractivity contribution in [3.8, 4) is 0 Å². The highest BCUT2D eigenvalue weighted by Crippen LogP contribution is 2.36. The molecule has 0 radical (unpaired) electrons. The SMILES string of the molecule is Cc1oc(CNC2CC2)cc1S(=O)(=O)NC1(C)CC1. The molecule has 2 aliphatic rings. The normalized spacial score (nSPS) is 21.6. The summed E-state index contributed by atoms with van der Waals surface area (Å²) in [7, 11) is -3.46. The van der Waals surface area contributed by atoms with Gasteiger partial charge in [0.25, 0.3) is 0 Å². The minimum absolute atomic E-state index is 0.255. The maximum atomic E-state index is 12.3. The lowest BCUT2D eigenvalue weighted by Crippen LogP contribution is -2.34. The maximum absolute atomic E-state index is 12.3. The largest absolute Gasteiger partial charge is 0.464 e. The Labute approximate surface area is 113 Å². The van der Waals surface area contributed by atoms with E-state index in [4.69, 9.17) is 4.42 Å². The minimum Gasteiger partial charge on any atom is -0.464 e. The Balaban J connectivity index is 1.75. The number of nitrogens with one attached hydrogen (secondary N) is 2. The predicted molar refractivity (Wildman–Crippen MR) is 71.3 cm³/mol. The number of aryl methyl sites for hydroxylation is 1. The van der Waals surface area contributed by atoms with Gasteiger partial charge in [0.05, 0.1) is 6.54 Å². The van der Waals surface area contributed by atoms with Gasteiger partial charge in [-0.05, 0) is 39.5 Å². The van der Waals surface area contributed by atoms with Gasteiger partial charge in [-0.25, -0.2) is 13.1 Å². The monoisotopic (exact) mass is 284 g/mol. The van der Waals surface area contributed by atoms with Crippen molar-refractivity contribution in [3.63, 3.8) is 0 Å². The third kappa shape index (κ3) is 3.01. The van der Waals surface area contributed by atoms with Gasteiger partial charge in [0.15, 0.2) is 0 Å². The first kappa shape index (κ1) is 13.1. The van der Waals surface area contributed by atoms with E-state index >= 15 is 0 Å². The van der Waals surface area contributed by atoms with Crippen molar-refractivity contribution in [1.82, 2.24) is 10.0 Å². The fourth-order valence-electron chi connectivity index (χ4n) is 2.08. The third-order valence-electron chi connectivity index (χ3n) is 3.74. The Kier molecular flexibility index (Phi) is 2.99. The van der Waals surface area contributed by atoms with E-state index in [1.54, 1.807) is 13.0 Å². The van der Waals surface area contributed by atoms with Crippen LogP contribution in [0.3, 0.4) is 0 Å². The Morgan fingerprint density at radius 1 is 1.42 bits per heavy atom. The lowest BCUT2D eigenvalue weighted by atomic mass is 10.4. The summed E-state index contributed by atoms with van der Waals surface area (Å²) in [6.45, 7) is 4.22. The first-order valence-corrected chi connectivity index (χ1v) is 8.23. The van der Waals surface area contributed by atoms with Crippen molar-refractivity contribution < 1.29 is 12.8 Å². The molecular formula is C13H20N2O3S. The first-order valence-electron chi connectivity index (χ1n) is 6.75. The smallest absolute Gasteiger partial charge is 0.244 e. The van der Waals surface area contributed by atoms with Gasteiger partial charge < -0.3 is 9.73 Å². The third-order valence-corrected chi connectivity index (χ3v) is 5.48. The molecule has 6 heteroatoms. The fourth-order valence-corrected chi connectivity index (χ4v) is 3.75. The van der Waals surface area contributed by atoms with Crippen LogP contribution >= 0.6 is 0 Å². The lowest BCUT2D eigenvalue weighted by Gasteiger charge is -2.10. The van der Waals surface area contributed by atoms with E-state index in [2.05, 4.69) is 10.0 Å². The van der Waals surface area contributed by atoms with Crippen molar-refractivity contribution in [2.75, 3.05) is 0 Å². The molecule has 1 aromatic rings. The zero-order chi connectivity index (χ0) is 13.7. The molecular weight excluding hydrogens is 264 g/mol. The van der Waals surface area contributed by atoms with Crippen LogP contribution in [-0.2, 0) is 16.6 Å². The first-order chi connectivity index (χ1) is 8.88. The van der Waals surface area contributed by atoms with Gasteiger partial charge in [0.1, 0.15) is 16.4 Å². The standard InChI is InChI=1S/C13H20N2O3S/c1-9-12(19(16,17)15-13(2)5-6-13)7-11(18-9)8-14-10-3-4-10/h7,10,14-15H,3-6,8H2,1-2H3. The lowest BCUT2D eigenvalue weighted by molar-refractivity contribution is 0.456. The highest BCUT2D eigenvalue weighted by atomic mass is 32.2. The zero-order valence-electron chi connectivity index (χ0n) is 11.3. The van der Waals surface area contributed by atoms with Crippen molar-refractivity contribution >= 4 is 10.0 Å². The van der Waals surface area contributed by atoms with Crippen LogP contribution in [0.15, 0.2) is 15.4 Å². The predicted octanol–water partition coefficient (Wildman–Crippen LogP) is 1.67. The van der Waals surface area contributed by atoms with Crippen molar-refractivity contribution in [2.24, 2.45) is 0 Å². The number of sulfonamides is 1. The van der Waals surface area contributed by atoms with Crippen LogP contribution < -0.4 is 10.0 Å². The summed E-state index contributed by atoms with van der Waals surface area (Å²) >= 11 is 0. The van der Waals surface area contributed by atoms with Crippen LogP contribution in [0.1, 0.15) is 44.1 Å². The number of rotatable bonds is 6. The summed E-state index contributed by atoms with van der Waals surface area (Å²) in [5.74, 6) is 1.15.